The topological polar surface area (TPSA) is 172 Å². The molecule has 4 rings (SSSR count). The van der Waals surface area contributed by atoms with Crippen molar-refractivity contribution in [3.8, 4) is 0 Å². The summed E-state index contributed by atoms with van der Waals surface area (Å²) in [5, 5.41) is 51.1. The van der Waals surface area contributed by atoms with E-state index in [-0.39, 0.29) is 18.6 Å². The number of fused-ring (bicyclic) bond motifs is 1. The van der Waals surface area contributed by atoms with Crippen molar-refractivity contribution in [1.82, 2.24) is 0 Å². The predicted octanol–water partition coefficient (Wildman–Crippen LogP) is -0.824. The number of carbonyl (C=O) groups excluding carboxylic acids is 2. The highest BCUT2D eigenvalue weighted by Crippen LogP contribution is 2.46. The summed E-state index contributed by atoms with van der Waals surface area (Å²) in [5.41, 5.74) is -0.581. The standard InChI is InChI=1S/C25H28O11/c26-10-16-13-34-23(36-24-22(31)21(30)20(29)17(11-27)35-24)19-15(8-9-25(16,19)32)12-33-18(28)7-6-14-4-2-1-3-5-14/h1-8,10,13,17,19-24,27,29-32H,9,11-12H2/b7-6+/t17-,19+,20-,21+,22-,23+,24+,25+/m1/s1. The van der Waals surface area contributed by atoms with Crippen LogP contribution in [-0.4, -0.2) is 93.6 Å². The Balaban J connectivity index is 1.48. The summed E-state index contributed by atoms with van der Waals surface area (Å²) >= 11 is 0. The van der Waals surface area contributed by atoms with Crippen molar-refractivity contribution in [2.45, 2.75) is 49.0 Å². The molecule has 194 valence electrons. The summed E-state index contributed by atoms with van der Waals surface area (Å²) in [7, 11) is 0. The molecule has 0 amide bonds. The summed E-state index contributed by atoms with van der Waals surface area (Å²) in [4.78, 5) is 23.8. The highest BCUT2D eigenvalue weighted by Gasteiger charge is 2.55. The molecule has 11 nitrogen and oxygen atoms in total. The number of esters is 1. The normalized spacial score (nSPS) is 36.0. The van der Waals surface area contributed by atoms with Gasteiger partial charge in [-0.1, -0.05) is 36.4 Å². The molecular weight excluding hydrogens is 476 g/mol. The molecule has 0 aromatic heterocycles. The van der Waals surface area contributed by atoms with Gasteiger partial charge in [0.15, 0.2) is 12.6 Å². The number of aliphatic hydroxyl groups excluding tert-OH is 4. The first kappa shape index (κ1) is 26.2. The Labute approximate surface area is 206 Å². The van der Waals surface area contributed by atoms with E-state index in [1.165, 1.54) is 6.08 Å². The van der Waals surface area contributed by atoms with E-state index >= 15 is 0 Å². The fourth-order valence-corrected chi connectivity index (χ4v) is 4.50. The van der Waals surface area contributed by atoms with Gasteiger partial charge in [-0.2, -0.15) is 0 Å². The number of aldehydes is 1. The Bertz CT molecular complexity index is 1030. The zero-order valence-electron chi connectivity index (χ0n) is 19.1. The van der Waals surface area contributed by atoms with E-state index in [0.717, 1.165) is 11.8 Å². The maximum absolute atomic E-state index is 12.3. The van der Waals surface area contributed by atoms with Crippen LogP contribution in [0.1, 0.15) is 12.0 Å². The molecule has 2 aliphatic heterocycles. The second kappa shape index (κ2) is 11.0. The highest BCUT2D eigenvalue weighted by molar-refractivity contribution is 5.87. The number of hydrogen-bond donors (Lipinski definition) is 5. The lowest BCUT2D eigenvalue weighted by Gasteiger charge is -2.44. The summed E-state index contributed by atoms with van der Waals surface area (Å²) in [6.45, 7) is -0.897. The molecule has 1 aliphatic carbocycles. The fourth-order valence-electron chi connectivity index (χ4n) is 4.50. The van der Waals surface area contributed by atoms with Crippen LogP contribution in [-0.2, 0) is 28.5 Å². The average molecular weight is 504 g/mol. The molecule has 36 heavy (non-hydrogen) atoms. The van der Waals surface area contributed by atoms with Crippen LogP contribution in [0.25, 0.3) is 6.08 Å². The lowest BCUT2D eigenvalue weighted by molar-refractivity contribution is -0.343. The second-order valence-corrected chi connectivity index (χ2v) is 8.77. The van der Waals surface area contributed by atoms with E-state index in [1.54, 1.807) is 12.2 Å². The van der Waals surface area contributed by atoms with Gasteiger partial charge in [-0.25, -0.2) is 4.79 Å². The largest absolute Gasteiger partial charge is 0.471 e. The smallest absolute Gasteiger partial charge is 0.331 e. The molecule has 1 saturated heterocycles. The molecule has 0 saturated carbocycles. The lowest BCUT2D eigenvalue weighted by atomic mass is 9.79. The van der Waals surface area contributed by atoms with Crippen LogP contribution >= 0.6 is 0 Å². The van der Waals surface area contributed by atoms with E-state index in [4.69, 9.17) is 18.9 Å². The van der Waals surface area contributed by atoms with E-state index < -0.39 is 61.1 Å². The summed E-state index contributed by atoms with van der Waals surface area (Å²) in [6, 6.07) is 9.13. The van der Waals surface area contributed by atoms with Gasteiger partial charge in [0, 0.05) is 6.08 Å². The maximum Gasteiger partial charge on any atom is 0.331 e. The first-order valence-electron chi connectivity index (χ1n) is 11.4. The van der Waals surface area contributed by atoms with E-state index in [9.17, 15) is 35.1 Å². The van der Waals surface area contributed by atoms with Crippen molar-refractivity contribution < 1.29 is 54.1 Å². The van der Waals surface area contributed by atoms with Gasteiger partial charge in [0.1, 0.15) is 36.6 Å². The number of aliphatic hydroxyl groups is 5. The van der Waals surface area contributed by atoms with Gasteiger partial charge >= 0.3 is 5.97 Å². The first-order valence-corrected chi connectivity index (χ1v) is 11.4. The van der Waals surface area contributed by atoms with E-state index in [0.29, 0.717) is 11.9 Å². The molecule has 3 aliphatic rings. The number of hydrogen-bond acceptors (Lipinski definition) is 11. The Hall–Kier alpha value is -2.90. The number of rotatable bonds is 8. The lowest BCUT2D eigenvalue weighted by Crippen LogP contribution is -2.61. The SMILES string of the molecule is O=CC1=CO[C@@H](O[C@@H]2O[C@H](CO)[C@@H](O)[C@H](O)[C@H]2O)[C@@H]2C(COC(=O)/C=C/c3ccccc3)=CC[C@]12O. The monoisotopic (exact) mass is 504 g/mol. The summed E-state index contributed by atoms with van der Waals surface area (Å²) < 4.78 is 21.9. The molecule has 11 heteroatoms. The predicted molar refractivity (Wildman–Crippen MR) is 121 cm³/mol. The number of ether oxygens (including phenoxy) is 4. The molecular formula is C25H28O11. The van der Waals surface area contributed by atoms with Crippen LogP contribution < -0.4 is 0 Å². The van der Waals surface area contributed by atoms with Crippen LogP contribution in [0.4, 0.5) is 0 Å². The number of carbonyl (C=O) groups is 2. The third kappa shape index (κ3) is 5.13. The first-order chi connectivity index (χ1) is 17.3. The molecule has 0 bridgehead atoms. The highest BCUT2D eigenvalue weighted by atomic mass is 16.8. The number of benzene rings is 1. The van der Waals surface area contributed by atoms with Crippen molar-refractivity contribution in [1.29, 1.82) is 0 Å². The zero-order chi connectivity index (χ0) is 25.9. The minimum Gasteiger partial charge on any atom is -0.471 e. The van der Waals surface area contributed by atoms with Gasteiger partial charge in [0.25, 0.3) is 0 Å². The van der Waals surface area contributed by atoms with Crippen molar-refractivity contribution in [2.24, 2.45) is 5.92 Å². The summed E-state index contributed by atoms with van der Waals surface area (Å²) in [5.74, 6) is -1.66. The van der Waals surface area contributed by atoms with Gasteiger partial charge in [0.2, 0.25) is 6.29 Å². The molecule has 1 aromatic carbocycles. The average Bonchev–Trinajstić information content (AvgIpc) is 3.24. The molecule has 1 fully saturated rings. The van der Waals surface area contributed by atoms with E-state index in [2.05, 4.69) is 0 Å². The van der Waals surface area contributed by atoms with Gasteiger partial charge in [-0.05, 0) is 23.6 Å². The quantitative estimate of drug-likeness (QED) is 0.130. The van der Waals surface area contributed by atoms with Crippen LogP contribution in [0.15, 0.2) is 59.9 Å². The molecule has 5 N–H and O–H groups in total. The maximum atomic E-state index is 12.3. The molecule has 8 atom stereocenters. The van der Waals surface area contributed by atoms with Gasteiger partial charge in [0.05, 0.1) is 24.4 Å². The van der Waals surface area contributed by atoms with Gasteiger partial charge in [-0.15, -0.1) is 0 Å². The fraction of sp³-hybridized carbons (Fsp3) is 0.440. The van der Waals surface area contributed by atoms with E-state index in [1.807, 2.05) is 30.3 Å². The molecule has 0 radical (unpaired) electrons. The minimum atomic E-state index is -1.74. The van der Waals surface area contributed by atoms with Gasteiger partial charge in [-0.3, -0.25) is 4.79 Å². The summed E-state index contributed by atoms with van der Waals surface area (Å²) in [6.07, 6.45) is -3.11. The van der Waals surface area contributed by atoms with Crippen LogP contribution in [0.5, 0.6) is 0 Å². The molecule has 1 aromatic rings. The molecule has 0 unspecified atom stereocenters. The molecule has 2 heterocycles. The van der Waals surface area contributed by atoms with Crippen molar-refractivity contribution in [3.63, 3.8) is 0 Å². The van der Waals surface area contributed by atoms with Crippen LogP contribution in [0.2, 0.25) is 0 Å². The minimum absolute atomic E-state index is 0.00683. The van der Waals surface area contributed by atoms with Crippen molar-refractivity contribution in [3.05, 3.63) is 65.5 Å². The Kier molecular flexibility index (Phi) is 8.00. The Morgan fingerprint density at radius 1 is 1.11 bits per heavy atom. The Morgan fingerprint density at radius 2 is 1.86 bits per heavy atom. The zero-order valence-corrected chi connectivity index (χ0v) is 19.1. The van der Waals surface area contributed by atoms with Crippen LogP contribution in [0, 0.1) is 5.92 Å². The second-order valence-electron chi connectivity index (χ2n) is 8.77. The van der Waals surface area contributed by atoms with Crippen molar-refractivity contribution in [2.75, 3.05) is 13.2 Å². The van der Waals surface area contributed by atoms with Crippen molar-refractivity contribution >= 4 is 18.3 Å². The third-order valence-electron chi connectivity index (χ3n) is 6.53. The van der Waals surface area contributed by atoms with Crippen LogP contribution in [0.3, 0.4) is 0 Å². The third-order valence-corrected chi connectivity index (χ3v) is 6.53. The Morgan fingerprint density at radius 3 is 2.56 bits per heavy atom. The van der Waals surface area contributed by atoms with Gasteiger partial charge < -0.3 is 44.5 Å². The molecule has 0 spiro atoms.